The third kappa shape index (κ3) is 9.83. The maximum Gasteiger partial charge on any atom is 0.104 e. The van der Waals surface area contributed by atoms with Gasteiger partial charge in [0.05, 0.1) is 19.8 Å². The van der Waals surface area contributed by atoms with Gasteiger partial charge in [0.15, 0.2) is 0 Å². The Morgan fingerprint density at radius 3 is 2.04 bits per heavy atom. The zero-order chi connectivity index (χ0) is 17.5. The van der Waals surface area contributed by atoms with Gasteiger partial charge in [0.2, 0.25) is 0 Å². The van der Waals surface area contributed by atoms with E-state index in [4.69, 9.17) is 19.7 Å². The van der Waals surface area contributed by atoms with Gasteiger partial charge >= 0.3 is 0 Å². The molecule has 0 aliphatic heterocycles. The maximum atomic E-state index is 8.87. The summed E-state index contributed by atoms with van der Waals surface area (Å²) in [5.41, 5.74) is 2.33. The number of aliphatic hydroxyl groups excluding tert-OH is 2. The van der Waals surface area contributed by atoms with E-state index in [-0.39, 0.29) is 13.2 Å². The van der Waals surface area contributed by atoms with Gasteiger partial charge in [-0.25, -0.2) is 0 Å². The van der Waals surface area contributed by atoms with Gasteiger partial charge in [-0.1, -0.05) is 62.6 Å². The van der Waals surface area contributed by atoms with E-state index in [1.54, 1.807) is 0 Å². The fraction of sp³-hybridized carbons (Fsp3) is 0.600. The van der Waals surface area contributed by atoms with Crippen LogP contribution in [0.4, 0.5) is 0 Å². The molecular weight excluding hydrogens is 304 g/mol. The van der Waals surface area contributed by atoms with Crippen molar-refractivity contribution in [1.82, 2.24) is 0 Å². The molecule has 0 fully saturated rings. The highest BCUT2D eigenvalue weighted by molar-refractivity contribution is 5.47. The molecule has 0 saturated heterocycles. The van der Waals surface area contributed by atoms with E-state index < -0.39 is 6.10 Å². The van der Waals surface area contributed by atoms with Crippen molar-refractivity contribution in [3.8, 4) is 0 Å². The molecule has 136 valence electrons. The van der Waals surface area contributed by atoms with Gasteiger partial charge in [0.1, 0.15) is 6.10 Å². The zero-order valence-corrected chi connectivity index (χ0v) is 14.7. The summed E-state index contributed by atoms with van der Waals surface area (Å²) in [6.45, 7) is 5.60. The van der Waals surface area contributed by atoms with Crippen molar-refractivity contribution in [2.75, 3.05) is 26.4 Å². The Labute approximate surface area is 146 Å². The number of unbranched alkanes of at least 4 members (excludes halogenated alkanes) is 5. The number of rotatable bonds is 15. The average Bonchev–Trinajstić information content (AvgIpc) is 2.63. The first-order valence-electron chi connectivity index (χ1n) is 8.92. The van der Waals surface area contributed by atoms with Gasteiger partial charge in [-0.05, 0) is 24.0 Å². The van der Waals surface area contributed by atoms with Gasteiger partial charge in [-0.15, -0.1) is 0 Å². The summed E-state index contributed by atoms with van der Waals surface area (Å²) in [5, 5.41) is 17.7. The van der Waals surface area contributed by atoms with Crippen LogP contribution in [0.1, 0.15) is 49.7 Å². The van der Waals surface area contributed by atoms with Crippen LogP contribution in [-0.2, 0) is 16.1 Å². The van der Waals surface area contributed by atoms with Crippen molar-refractivity contribution in [2.24, 2.45) is 0 Å². The lowest BCUT2D eigenvalue weighted by molar-refractivity contribution is -0.0208. The molecule has 4 nitrogen and oxygen atoms in total. The van der Waals surface area contributed by atoms with Crippen molar-refractivity contribution < 1.29 is 19.7 Å². The third-order valence-corrected chi connectivity index (χ3v) is 3.93. The van der Waals surface area contributed by atoms with Crippen LogP contribution in [0.5, 0.6) is 0 Å². The van der Waals surface area contributed by atoms with Crippen LogP contribution in [-0.4, -0.2) is 42.7 Å². The Balaban J connectivity index is 1.87. The monoisotopic (exact) mass is 336 g/mol. The molecule has 1 rings (SSSR count). The quantitative estimate of drug-likeness (QED) is 0.481. The van der Waals surface area contributed by atoms with E-state index in [2.05, 4.69) is 30.8 Å². The first-order chi connectivity index (χ1) is 11.8. The van der Waals surface area contributed by atoms with Crippen LogP contribution in [0.25, 0.3) is 6.08 Å². The Bertz CT molecular complexity index is 412. The number of hydrogen-bond acceptors (Lipinski definition) is 4. The van der Waals surface area contributed by atoms with E-state index in [0.717, 1.165) is 31.4 Å². The summed E-state index contributed by atoms with van der Waals surface area (Å²) in [7, 11) is 0. The van der Waals surface area contributed by atoms with Gasteiger partial charge in [0.25, 0.3) is 0 Å². The molecule has 4 heteroatoms. The lowest BCUT2D eigenvalue weighted by Gasteiger charge is -2.11. The molecule has 0 amide bonds. The summed E-state index contributed by atoms with van der Waals surface area (Å²) in [6, 6.07) is 8.27. The second-order valence-electron chi connectivity index (χ2n) is 5.98. The molecule has 0 unspecified atom stereocenters. The zero-order valence-electron chi connectivity index (χ0n) is 14.7. The molecule has 0 aromatic heterocycles. The summed E-state index contributed by atoms with van der Waals surface area (Å²) >= 11 is 0. The average molecular weight is 336 g/mol. The predicted molar refractivity (Wildman–Crippen MR) is 97.8 cm³/mol. The first-order valence-corrected chi connectivity index (χ1v) is 8.92. The Morgan fingerprint density at radius 2 is 1.46 bits per heavy atom. The molecule has 24 heavy (non-hydrogen) atoms. The number of aliphatic hydroxyl groups is 2. The molecule has 0 saturated carbocycles. The highest BCUT2D eigenvalue weighted by Crippen LogP contribution is 2.09. The summed E-state index contributed by atoms with van der Waals surface area (Å²) in [6.07, 6.45) is 8.21. The third-order valence-electron chi connectivity index (χ3n) is 3.93. The molecule has 0 atom stereocenters. The Morgan fingerprint density at radius 1 is 0.875 bits per heavy atom. The van der Waals surface area contributed by atoms with Crippen LogP contribution in [0.15, 0.2) is 30.8 Å². The normalized spacial score (nSPS) is 11.1. The second-order valence-corrected chi connectivity index (χ2v) is 5.98. The minimum absolute atomic E-state index is 0.116. The van der Waals surface area contributed by atoms with Crippen molar-refractivity contribution in [2.45, 2.75) is 51.2 Å². The lowest BCUT2D eigenvalue weighted by Crippen LogP contribution is -2.22. The summed E-state index contributed by atoms with van der Waals surface area (Å²) < 4.78 is 11.0. The van der Waals surface area contributed by atoms with Crippen molar-refractivity contribution in [1.29, 1.82) is 0 Å². The van der Waals surface area contributed by atoms with Crippen LogP contribution in [0.2, 0.25) is 0 Å². The van der Waals surface area contributed by atoms with Crippen LogP contribution in [0, 0.1) is 0 Å². The fourth-order valence-corrected chi connectivity index (χ4v) is 2.37. The molecule has 0 aliphatic carbocycles. The minimum Gasteiger partial charge on any atom is -0.394 e. The molecule has 0 bridgehead atoms. The van der Waals surface area contributed by atoms with Crippen LogP contribution in [0.3, 0.4) is 0 Å². The summed E-state index contributed by atoms with van der Waals surface area (Å²) in [4.78, 5) is 0. The van der Waals surface area contributed by atoms with Crippen molar-refractivity contribution in [3.63, 3.8) is 0 Å². The Kier molecular flexibility index (Phi) is 12.3. The number of benzene rings is 1. The van der Waals surface area contributed by atoms with Crippen molar-refractivity contribution in [3.05, 3.63) is 42.0 Å². The SMILES string of the molecule is C=Cc1ccc(COCCCCCCCCOC(CO)CO)cc1. The standard InChI is InChI=1S/C20H32O4/c1-2-18-9-11-19(12-10-18)17-23-13-7-5-3-4-6-8-14-24-20(15-21)16-22/h2,9-12,20-22H,1,3-8,13-17H2. The highest BCUT2D eigenvalue weighted by atomic mass is 16.5. The smallest absolute Gasteiger partial charge is 0.104 e. The van der Waals surface area contributed by atoms with Gasteiger partial charge in [-0.2, -0.15) is 0 Å². The van der Waals surface area contributed by atoms with Gasteiger partial charge < -0.3 is 19.7 Å². The molecule has 0 radical (unpaired) electrons. The first kappa shape index (κ1) is 20.8. The second kappa shape index (κ2) is 14.2. The van der Waals surface area contributed by atoms with Crippen LogP contribution < -0.4 is 0 Å². The van der Waals surface area contributed by atoms with Crippen LogP contribution >= 0.6 is 0 Å². The fourth-order valence-electron chi connectivity index (χ4n) is 2.37. The molecule has 1 aromatic carbocycles. The predicted octanol–water partition coefficient (Wildman–Crippen LogP) is 3.56. The molecule has 0 aliphatic rings. The van der Waals surface area contributed by atoms with Crippen molar-refractivity contribution >= 4 is 6.08 Å². The maximum absolute atomic E-state index is 8.87. The molecule has 2 N–H and O–H groups in total. The van der Waals surface area contributed by atoms with E-state index in [9.17, 15) is 0 Å². The van der Waals surface area contributed by atoms with E-state index in [1.165, 1.54) is 24.8 Å². The van der Waals surface area contributed by atoms with E-state index >= 15 is 0 Å². The molecule has 0 spiro atoms. The summed E-state index contributed by atoms with van der Waals surface area (Å²) in [5.74, 6) is 0. The highest BCUT2D eigenvalue weighted by Gasteiger charge is 2.04. The largest absolute Gasteiger partial charge is 0.394 e. The topological polar surface area (TPSA) is 58.9 Å². The number of ether oxygens (including phenoxy) is 2. The molecule has 1 aromatic rings. The number of hydrogen-bond donors (Lipinski definition) is 2. The lowest BCUT2D eigenvalue weighted by atomic mass is 10.1. The van der Waals surface area contributed by atoms with E-state index in [1.807, 2.05) is 6.08 Å². The molecule has 0 heterocycles. The minimum atomic E-state index is -0.421. The molecular formula is C20H32O4. The van der Waals surface area contributed by atoms with Gasteiger partial charge in [-0.3, -0.25) is 0 Å². The van der Waals surface area contributed by atoms with E-state index in [0.29, 0.717) is 13.2 Å². The Hall–Kier alpha value is -1.20. The van der Waals surface area contributed by atoms with Gasteiger partial charge in [0, 0.05) is 13.2 Å².